The molecule has 78 valence electrons. The highest BCUT2D eigenvalue weighted by Crippen LogP contribution is 2.28. The molecule has 3 nitrogen and oxygen atoms in total. The Hall–Kier alpha value is -1.36. The second kappa shape index (κ2) is 4.23. The zero-order valence-electron chi connectivity index (χ0n) is 8.09. The standard InChI is InChI=1S/C9H13F2N3/c1-14(2)13-8-4-3-6(12)5-7(8)9(10)11/h3-5,9,13H,12H2,1-2H3. The van der Waals surface area contributed by atoms with Gasteiger partial charge in [-0.3, -0.25) is 0 Å². The highest BCUT2D eigenvalue weighted by atomic mass is 19.3. The molecule has 0 aliphatic rings. The Kier molecular flexibility index (Phi) is 3.24. The number of anilines is 2. The van der Waals surface area contributed by atoms with E-state index in [2.05, 4.69) is 5.43 Å². The number of halogens is 2. The van der Waals surface area contributed by atoms with Crippen molar-refractivity contribution in [2.75, 3.05) is 25.3 Å². The van der Waals surface area contributed by atoms with E-state index in [-0.39, 0.29) is 5.56 Å². The van der Waals surface area contributed by atoms with Crippen LogP contribution in [-0.2, 0) is 0 Å². The molecule has 0 spiro atoms. The van der Waals surface area contributed by atoms with Gasteiger partial charge >= 0.3 is 0 Å². The van der Waals surface area contributed by atoms with Crippen molar-refractivity contribution in [2.45, 2.75) is 6.43 Å². The molecule has 0 aromatic heterocycles. The number of nitrogens with one attached hydrogen (secondary N) is 1. The predicted molar refractivity (Wildman–Crippen MR) is 53.1 cm³/mol. The predicted octanol–water partition coefficient (Wildman–Crippen LogP) is 2.09. The van der Waals surface area contributed by atoms with E-state index in [1.807, 2.05) is 0 Å². The Labute approximate surface area is 81.5 Å². The van der Waals surface area contributed by atoms with Gasteiger partial charge in [0.1, 0.15) is 0 Å². The molecule has 0 fully saturated rings. The summed E-state index contributed by atoms with van der Waals surface area (Å²) in [5, 5.41) is 1.59. The average molecular weight is 201 g/mol. The third-order valence-corrected chi connectivity index (χ3v) is 1.65. The van der Waals surface area contributed by atoms with Crippen molar-refractivity contribution in [2.24, 2.45) is 0 Å². The molecule has 5 heteroatoms. The van der Waals surface area contributed by atoms with Gasteiger partial charge < -0.3 is 11.2 Å². The van der Waals surface area contributed by atoms with Gasteiger partial charge in [-0.15, -0.1) is 0 Å². The fourth-order valence-corrected chi connectivity index (χ4v) is 1.10. The normalized spacial score (nSPS) is 11.0. The molecule has 0 amide bonds. The smallest absolute Gasteiger partial charge is 0.265 e. The molecule has 14 heavy (non-hydrogen) atoms. The van der Waals surface area contributed by atoms with Gasteiger partial charge in [0.25, 0.3) is 6.43 Å². The van der Waals surface area contributed by atoms with Crippen LogP contribution in [0.2, 0.25) is 0 Å². The summed E-state index contributed by atoms with van der Waals surface area (Å²) >= 11 is 0. The van der Waals surface area contributed by atoms with Crippen molar-refractivity contribution in [3.63, 3.8) is 0 Å². The number of hydrazine groups is 1. The highest BCUT2D eigenvalue weighted by molar-refractivity contribution is 5.58. The minimum Gasteiger partial charge on any atom is -0.399 e. The lowest BCUT2D eigenvalue weighted by molar-refractivity contribution is 0.152. The Morgan fingerprint density at radius 1 is 1.36 bits per heavy atom. The lowest BCUT2D eigenvalue weighted by Gasteiger charge is -2.17. The third kappa shape index (κ3) is 2.56. The molecule has 0 heterocycles. The van der Waals surface area contributed by atoms with Gasteiger partial charge in [0, 0.05) is 25.3 Å². The number of hydrogen-bond donors (Lipinski definition) is 2. The van der Waals surface area contributed by atoms with Crippen molar-refractivity contribution in [1.29, 1.82) is 0 Å². The number of hydrogen-bond acceptors (Lipinski definition) is 3. The molecule has 0 bridgehead atoms. The van der Waals surface area contributed by atoms with Crippen molar-refractivity contribution in [3.8, 4) is 0 Å². The van der Waals surface area contributed by atoms with Crippen molar-refractivity contribution in [1.82, 2.24) is 5.01 Å². The van der Waals surface area contributed by atoms with E-state index >= 15 is 0 Å². The quantitative estimate of drug-likeness (QED) is 0.581. The Morgan fingerprint density at radius 2 is 2.00 bits per heavy atom. The van der Waals surface area contributed by atoms with E-state index in [1.165, 1.54) is 12.1 Å². The van der Waals surface area contributed by atoms with Crippen molar-refractivity contribution in [3.05, 3.63) is 23.8 Å². The minimum absolute atomic E-state index is 0.0845. The molecule has 0 aliphatic carbocycles. The molecular weight excluding hydrogens is 188 g/mol. The molecule has 0 atom stereocenters. The van der Waals surface area contributed by atoms with Crippen LogP contribution in [0.4, 0.5) is 20.2 Å². The summed E-state index contributed by atoms with van der Waals surface area (Å²) in [6.07, 6.45) is -2.53. The number of alkyl halides is 2. The first kappa shape index (κ1) is 10.7. The maximum absolute atomic E-state index is 12.5. The van der Waals surface area contributed by atoms with E-state index in [0.717, 1.165) is 0 Å². The van der Waals surface area contributed by atoms with Crippen LogP contribution in [-0.4, -0.2) is 19.1 Å². The summed E-state index contributed by atoms with van der Waals surface area (Å²) in [6.45, 7) is 0. The largest absolute Gasteiger partial charge is 0.399 e. The molecule has 1 rings (SSSR count). The molecule has 1 aromatic carbocycles. The monoisotopic (exact) mass is 201 g/mol. The fraction of sp³-hybridized carbons (Fsp3) is 0.333. The summed E-state index contributed by atoms with van der Waals surface area (Å²) in [5.74, 6) is 0. The first-order valence-electron chi connectivity index (χ1n) is 4.12. The Bertz CT molecular complexity index is 313. The van der Waals surface area contributed by atoms with Gasteiger partial charge in [0.2, 0.25) is 0 Å². The first-order valence-corrected chi connectivity index (χ1v) is 4.12. The topological polar surface area (TPSA) is 41.3 Å². The number of nitrogens with two attached hydrogens (primary N) is 1. The van der Waals surface area contributed by atoms with Crippen LogP contribution < -0.4 is 11.2 Å². The van der Waals surface area contributed by atoms with Gasteiger partial charge in [-0.25, -0.2) is 13.8 Å². The molecule has 0 radical (unpaired) electrons. The Balaban J connectivity index is 3.02. The van der Waals surface area contributed by atoms with E-state index < -0.39 is 6.43 Å². The lowest BCUT2D eigenvalue weighted by Crippen LogP contribution is -2.20. The Morgan fingerprint density at radius 3 is 2.50 bits per heavy atom. The van der Waals surface area contributed by atoms with Crippen LogP contribution in [0.1, 0.15) is 12.0 Å². The van der Waals surface area contributed by atoms with E-state index in [0.29, 0.717) is 11.4 Å². The molecule has 3 N–H and O–H groups in total. The van der Waals surface area contributed by atoms with Crippen LogP contribution >= 0.6 is 0 Å². The second-order valence-corrected chi connectivity index (χ2v) is 3.15. The highest BCUT2D eigenvalue weighted by Gasteiger charge is 2.13. The van der Waals surface area contributed by atoms with Crippen LogP contribution in [0.5, 0.6) is 0 Å². The van der Waals surface area contributed by atoms with Gasteiger partial charge in [0.05, 0.1) is 5.69 Å². The lowest BCUT2D eigenvalue weighted by atomic mass is 10.1. The molecule has 1 aromatic rings. The number of nitrogens with zero attached hydrogens (tertiary/aromatic N) is 1. The van der Waals surface area contributed by atoms with E-state index in [1.54, 1.807) is 25.2 Å². The molecule has 0 unspecified atom stereocenters. The summed E-state index contributed by atoms with van der Waals surface area (Å²) in [4.78, 5) is 0. The summed E-state index contributed by atoms with van der Waals surface area (Å²) in [6, 6.07) is 4.39. The molecule has 0 saturated heterocycles. The fourth-order valence-electron chi connectivity index (χ4n) is 1.10. The average Bonchev–Trinajstić information content (AvgIpc) is 2.07. The van der Waals surface area contributed by atoms with Crippen LogP contribution in [0.15, 0.2) is 18.2 Å². The zero-order chi connectivity index (χ0) is 10.7. The van der Waals surface area contributed by atoms with Crippen LogP contribution in [0.25, 0.3) is 0 Å². The summed E-state index contributed by atoms with van der Waals surface area (Å²) < 4.78 is 25.1. The molecular formula is C9H13F2N3. The van der Waals surface area contributed by atoms with Crippen LogP contribution in [0, 0.1) is 0 Å². The van der Waals surface area contributed by atoms with Crippen molar-refractivity contribution < 1.29 is 8.78 Å². The number of nitrogen functional groups attached to an aromatic ring is 1. The molecule has 0 aliphatic heterocycles. The number of benzene rings is 1. The maximum Gasteiger partial charge on any atom is 0.265 e. The second-order valence-electron chi connectivity index (χ2n) is 3.15. The van der Waals surface area contributed by atoms with Gasteiger partial charge in [-0.05, 0) is 18.2 Å². The molecule has 0 saturated carbocycles. The van der Waals surface area contributed by atoms with Crippen LogP contribution in [0.3, 0.4) is 0 Å². The van der Waals surface area contributed by atoms with Gasteiger partial charge in [0.15, 0.2) is 0 Å². The van der Waals surface area contributed by atoms with Gasteiger partial charge in [-0.2, -0.15) is 0 Å². The minimum atomic E-state index is -2.53. The number of rotatable bonds is 3. The van der Waals surface area contributed by atoms with E-state index in [4.69, 9.17) is 5.73 Å². The van der Waals surface area contributed by atoms with Crippen molar-refractivity contribution >= 4 is 11.4 Å². The van der Waals surface area contributed by atoms with Gasteiger partial charge in [-0.1, -0.05) is 0 Å². The van der Waals surface area contributed by atoms with E-state index in [9.17, 15) is 8.78 Å². The zero-order valence-corrected chi connectivity index (χ0v) is 8.09. The third-order valence-electron chi connectivity index (χ3n) is 1.65. The first-order chi connectivity index (χ1) is 6.50. The summed E-state index contributed by atoms with van der Waals surface area (Å²) in [5.41, 5.74) is 8.83. The maximum atomic E-state index is 12.5. The SMILES string of the molecule is CN(C)Nc1ccc(N)cc1C(F)F. The summed E-state index contributed by atoms with van der Waals surface area (Å²) in [7, 11) is 3.46.